The number of nitrogens with zero attached hydrogens (tertiary/aromatic N) is 2. The Labute approximate surface area is 149 Å². The molecule has 1 fully saturated rings. The molecule has 2 rings (SSSR count). The number of rotatable bonds is 6. The lowest BCUT2D eigenvalue weighted by Crippen LogP contribution is -2.39. The fraction of sp³-hybridized carbons (Fsp3) is 0.611. The van der Waals surface area contributed by atoms with Crippen LogP contribution in [0.1, 0.15) is 32.8 Å². The maximum absolute atomic E-state index is 12.6. The van der Waals surface area contributed by atoms with Crippen molar-refractivity contribution in [1.82, 2.24) is 20.7 Å². The van der Waals surface area contributed by atoms with Crippen molar-refractivity contribution < 1.29 is 9.59 Å². The van der Waals surface area contributed by atoms with Crippen molar-refractivity contribution in [3.8, 4) is 0 Å². The molecule has 0 aliphatic carbocycles. The minimum absolute atomic E-state index is 0.0154. The summed E-state index contributed by atoms with van der Waals surface area (Å²) >= 11 is 0. The Morgan fingerprint density at radius 2 is 1.92 bits per heavy atom. The molecule has 2 amide bonds. The van der Waals surface area contributed by atoms with Crippen molar-refractivity contribution in [2.24, 2.45) is 11.8 Å². The lowest BCUT2D eigenvalue weighted by Gasteiger charge is -2.25. The van der Waals surface area contributed by atoms with E-state index in [2.05, 4.69) is 35.0 Å². The predicted molar refractivity (Wildman–Crippen MR) is 97.7 cm³/mol. The predicted octanol–water partition coefficient (Wildman–Crippen LogP) is 1.31. The number of likely N-dealkylation sites (N-methyl/N-ethyl adjacent to an activating group) is 1. The molecule has 3 unspecified atom stereocenters. The van der Waals surface area contributed by atoms with Gasteiger partial charge in [-0.2, -0.15) is 0 Å². The molecule has 1 aliphatic rings. The van der Waals surface area contributed by atoms with E-state index < -0.39 is 0 Å². The summed E-state index contributed by atoms with van der Waals surface area (Å²) in [4.78, 5) is 30.3. The molecule has 2 heterocycles. The third-order valence-corrected chi connectivity index (χ3v) is 4.81. The maximum Gasteiger partial charge on any atom is 0.245 e. The van der Waals surface area contributed by atoms with Gasteiger partial charge in [0.25, 0.3) is 0 Å². The smallest absolute Gasteiger partial charge is 0.245 e. The molecule has 1 aromatic heterocycles. The van der Waals surface area contributed by atoms with Gasteiger partial charge >= 0.3 is 0 Å². The standard InChI is InChI=1S/C18H29N5O2/c1-11-6-7-16(19-9-11)20-17(24)10-23(5)18(25)12(2)8-15-13(3)21-22-14(15)4/h6-7,9,12-15,21-22H,8,10H2,1-5H3,(H,19,20,24). The van der Waals surface area contributed by atoms with Crippen LogP contribution in [-0.4, -0.2) is 47.4 Å². The summed E-state index contributed by atoms with van der Waals surface area (Å²) in [6.45, 7) is 8.11. The minimum Gasteiger partial charge on any atom is -0.336 e. The minimum atomic E-state index is -0.245. The number of carbonyl (C=O) groups excluding carboxylic acids is 2. The number of aromatic nitrogens is 1. The number of aryl methyl sites for hydroxylation is 1. The van der Waals surface area contributed by atoms with Crippen molar-refractivity contribution in [2.75, 3.05) is 18.9 Å². The van der Waals surface area contributed by atoms with E-state index in [1.54, 1.807) is 19.3 Å². The molecule has 1 aromatic rings. The number of hydrazine groups is 1. The largest absolute Gasteiger partial charge is 0.336 e. The first-order valence-electron chi connectivity index (χ1n) is 8.76. The molecule has 3 atom stereocenters. The number of carbonyl (C=O) groups is 2. The Balaban J connectivity index is 1.84. The Morgan fingerprint density at radius 3 is 2.48 bits per heavy atom. The zero-order valence-electron chi connectivity index (χ0n) is 15.7. The van der Waals surface area contributed by atoms with Crippen LogP contribution in [0.3, 0.4) is 0 Å². The van der Waals surface area contributed by atoms with Crippen LogP contribution in [0.15, 0.2) is 18.3 Å². The monoisotopic (exact) mass is 347 g/mol. The summed E-state index contributed by atoms with van der Waals surface area (Å²) in [5.74, 6) is 0.490. The maximum atomic E-state index is 12.6. The molecule has 0 radical (unpaired) electrons. The molecular weight excluding hydrogens is 318 g/mol. The van der Waals surface area contributed by atoms with Gasteiger partial charge in [-0.3, -0.25) is 20.4 Å². The van der Waals surface area contributed by atoms with Gasteiger partial charge in [0.1, 0.15) is 5.82 Å². The highest BCUT2D eigenvalue weighted by atomic mass is 16.2. The highest BCUT2D eigenvalue weighted by molar-refractivity contribution is 5.94. The van der Waals surface area contributed by atoms with E-state index in [-0.39, 0.29) is 24.3 Å². The van der Waals surface area contributed by atoms with Crippen LogP contribution < -0.4 is 16.2 Å². The number of hydrogen-bond acceptors (Lipinski definition) is 5. The molecule has 0 saturated carbocycles. The SMILES string of the molecule is Cc1ccc(NC(=O)CN(C)C(=O)C(C)CC2C(C)NNC2C)nc1. The van der Waals surface area contributed by atoms with Crippen LogP contribution in [-0.2, 0) is 9.59 Å². The third kappa shape index (κ3) is 5.24. The number of anilines is 1. The zero-order valence-corrected chi connectivity index (χ0v) is 15.7. The number of nitrogens with one attached hydrogen (secondary N) is 3. The summed E-state index contributed by atoms with van der Waals surface area (Å²) in [7, 11) is 1.67. The first kappa shape index (κ1) is 19.3. The molecule has 0 bridgehead atoms. The van der Waals surface area contributed by atoms with Crippen LogP contribution in [0, 0.1) is 18.8 Å². The Hall–Kier alpha value is -1.99. The highest BCUT2D eigenvalue weighted by Gasteiger charge is 2.33. The summed E-state index contributed by atoms with van der Waals surface area (Å²) in [5, 5.41) is 2.72. The summed E-state index contributed by atoms with van der Waals surface area (Å²) in [6.07, 6.45) is 2.48. The number of hydrogen-bond donors (Lipinski definition) is 3. The second-order valence-electron chi connectivity index (χ2n) is 7.13. The van der Waals surface area contributed by atoms with E-state index in [1.807, 2.05) is 19.9 Å². The van der Waals surface area contributed by atoms with E-state index >= 15 is 0 Å². The molecule has 7 heteroatoms. The molecule has 138 valence electrons. The molecular formula is C18H29N5O2. The van der Waals surface area contributed by atoms with Crippen LogP contribution in [0.4, 0.5) is 5.82 Å². The molecule has 1 saturated heterocycles. The van der Waals surface area contributed by atoms with Gasteiger partial charge in [-0.15, -0.1) is 0 Å². The first-order valence-corrected chi connectivity index (χ1v) is 8.76. The van der Waals surface area contributed by atoms with Gasteiger partial charge in [-0.05, 0) is 44.7 Å². The van der Waals surface area contributed by atoms with E-state index in [1.165, 1.54) is 4.90 Å². The van der Waals surface area contributed by atoms with Crippen LogP contribution in [0.2, 0.25) is 0 Å². The topological polar surface area (TPSA) is 86.4 Å². The molecule has 25 heavy (non-hydrogen) atoms. The Morgan fingerprint density at radius 1 is 1.28 bits per heavy atom. The number of amides is 2. The van der Waals surface area contributed by atoms with Gasteiger partial charge < -0.3 is 10.2 Å². The fourth-order valence-electron chi connectivity index (χ4n) is 3.22. The second kappa shape index (κ2) is 8.40. The zero-order chi connectivity index (χ0) is 18.6. The third-order valence-electron chi connectivity index (χ3n) is 4.81. The van der Waals surface area contributed by atoms with Gasteiger partial charge in [0.15, 0.2) is 0 Å². The van der Waals surface area contributed by atoms with Crippen LogP contribution >= 0.6 is 0 Å². The summed E-state index contributed by atoms with van der Waals surface area (Å²) in [5.41, 5.74) is 7.45. The molecule has 0 spiro atoms. The average molecular weight is 347 g/mol. The highest BCUT2D eigenvalue weighted by Crippen LogP contribution is 2.23. The molecule has 7 nitrogen and oxygen atoms in total. The van der Waals surface area contributed by atoms with E-state index in [0.29, 0.717) is 23.8 Å². The quantitative estimate of drug-likeness (QED) is 0.722. The van der Waals surface area contributed by atoms with Gasteiger partial charge in [-0.25, -0.2) is 4.98 Å². The van der Waals surface area contributed by atoms with E-state index in [0.717, 1.165) is 12.0 Å². The summed E-state index contributed by atoms with van der Waals surface area (Å²) < 4.78 is 0. The van der Waals surface area contributed by atoms with Crippen molar-refractivity contribution in [2.45, 2.75) is 46.2 Å². The first-order chi connectivity index (χ1) is 11.8. The Kier molecular flexibility index (Phi) is 6.50. The van der Waals surface area contributed by atoms with Crippen LogP contribution in [0.25, 0.3) is 0 Å². The molecule has 0 aromatic carbocycles. The Bertz CT molecular complexity index is 594. The van der Waals surface area contributed by atoms with Crippen molar-refractivity contribution in [1.29, 1.82) is 0 Å². The lowest BCUT2D eigenvalue weighted by molar-refractivity contribution is -0.137. The van der Waals surface area contributed by atoms with Crippen LogP contribution in [0.5, 0.6) is 0 Å². The van der Waals surface area contributed by atoms with Crippen molar-refractivity contribution in [3.05, 3.63) is 23.9 Å². The van der Waals surface area contributed by atoms with Gasteiger partial charge in [0.05, 0.1) is 6.54 Å². The summed E-state index contributed by atoms with van der Waals surface area (Å²) in [6, 6.07) is 4.28. The van der Waals surface area contributed by atoms with E-state index in [9.17, 15) is 9.59 Å². The average Bonchev–Trinajstić information content (AvgIpc) is 2.88. The molecule has 1 aliphatic heterocycles. The fourth-order valence-corrected chi connectivity index (χ4v) is 3.22. The normalized spacial score (nSPS) is 24.0. The van der Waals surface area contributed by atoms with Gasteiger partial charge in [-0.1, -0.05) is 13.0 Å². The lowest BCUT2D eigenvalue weighted by atomic mass is 9.86. The second-order valence-corrected chi connectivity index (χ2v) is 7.13. The van der Waals surface area contributed by atoms with E-state index in [4.69, 9.17) is 0 Å². The van der Waals surface area contributed by atoms with Crippen molar-refractivity contribution >= 4 is 17.6 Å². The van der Waals surface area contributed by atoms with Gasteiger partial charge in [0, 0.05) is 31.2 Å². The van der Waals surface area contributed by atoms with Crippen molar-refractivity contribution in [3.63, 3.8) is 0 Å². The number of pyridine rings is 1. The molecule has 3 N–H and O–H groups in total. The van der Waals surface area contributed by atoms with Gasteiger partial charge in [0.2, 0.25) is 11.8 Å².